The Bertz CT molecular complexity index is 972. The lowest BCUT2D eigenvalue weighted by atomic mass is 9.97. The Morgan fingerprint density at radius 1 is 0.648 bits per heavy atom. The van der Waals surface area contributed by atoms with Crippen molar-refractivity contribution in [3.8, 4) is 0 Å². The van der Waals surface area contributed by atoms with Crippen LogP contribution in [0.3, 0.4) is 0 Å². The SMILES string of the molecule is CCCCCCCCCCCCCCCCCCCCC/C=C/C(O)C(COC1OC(CO)C(OC2OC(CO)C(O)C(O)C2O)C(O)C1O)NC(C)=O. The molecule has 2 aliphatic heterocycles. The van der Waals surface area contributed by atoms with Gasteiger partial charge in [0.1, 0.15) is 48.8 Å². The van der Waals surface area contributed by atoms with Gasteiger partial charge in [0.2, 0.25) is 5.91 Å². The molecule has 0 radical (unpaired) electrons. The molecule has 14 heteroatoms. The molecule has 2 rings (SSSR count). The van der Waals surface area contributed by atoms with E-state index < -0.39 is 92.7 Å². The van der Waals surface area contributed by atoms with E-state index in [0.717, 1.165) is 19.3 Å². The Labute approximate surface area is 323 Å². The maximum Gasteiger partial charge on any atom is 0.217 e. The van der Waals surface area contributed by atoms with Crippen LogP contribution in [0.25, 0.3) is 0 Å². The smallest absolute Gasteiger partial charge is 0.217 e. The second kappa shape index (κ2) is 29.0. The van der Waals surface area contributed by atoms with Crippen molar-refractivity contribution in [2.75, 3.05) is 19.8 Å². The molecular weight excluding hydrogens is 702 g/mol. The predicted molar refractivity (Wildman–Crippen MR) is 203 cm³/mol. The highest BCUT2D eigenvalue weighted by molar-refractivity contribution is 5.73. The third kappa shape index (κ3) is 18.3. The number of aliphatic hydroxyl groups is 8. The van der Waals surface area contributed by atoms with E-state index in [0.29, 0.717) is 0 Å². The van der Waals surface area contributed by atoms with Crippen LogP contribution in [-0.2, 0) is 23.7 Å². The van der Waals surface area contributed by atoms with E-state index >= 15 is 0 Å². The van der Waals surface area contributed by atoms with E-state index in [2.05, 4.69) is 12.2 Å². The van der Waals surface area contributed by atoms with Gasteiger partial charge in [-0.3, -0.25) is 4.79 Å². The Balaban J connectivity index is 1.63. The average Bonchev–Trinajstić information content (AvgIpc) is 3.16. The van der Waals surface area contributed by atoms with Crippen LogP contribution in [0.2, 0.25) is 0 Å². The largest absolute Gasteiger partial charge is 0.394 e. The number of ether oxygens (including phenoxy) is 4. The molecule has 14 nitrogen and oxygen atoms in total. The average molecular weight is 778 g/mol. The first-order chi connectivity index (χ1) is 26.0. The highest BCUT2D eigenvalue weighted by Gasteiger charge is 2.50. The molecule has 2 aliphatic rings. The number of amides is 1. The lowest BCUT2D eigenvalue weighted by Crippen LogP contribution is -2.65. The van der Waals surface area contributed by atoms with Gasteiger partial charge in [0.05, 0.1) is 32.0 Å². The summed E-state index contributed by atoms with van der Waals surface area (Å²) >= 11 is 0. The van der Waals surface area contributed by atoms with E-state index in [1.54, 1.807) is 6.08 Å². The van der Waals surface area contributed by atoms with Gasteiger partial charge in [-0.25, -0.2) is 0 Å². The molecule has 1 amide bonds. The Hall–Kier alpha value is -1.27. The minimum Gasteiger partial charge on any atom is -0.394 e. The van der Waals surface area contributed by atoms with Gasteiger partial charge in [0, 0.05) is 6.92 Å². The number of unbranched alkanes of at least 4 members (excludes halogenated alkanes) is 19. The topological polar surface area (TPSA) is 228 Å². The maximum atomic E-state index is 11.9. The molecule has 0 aromatic carbocycles. The summed E-state index contributed by atoms with van der Waals surface area (Å²) in [6, 6.07) is -0.910. The Kier molecular flexibility index (Phi) is 26.3. The summed E-state index contributed by atoms with van der Waals surface area (Å²) in [6.45, 7) is 1.83. The minimum absolute atomic E-state index is 0.310. The van der Waals surface area contributed by atoms with Crippen molar-refractivity contribution in [3.05, 3.63) is 12.2 Å². The highest BCUT2D eigenvalue weighted by atomic mass is 16.7. The van der Waals surface area contributed by atoms with Crippen LogP contribution in [-0.4, -0.2) is 140 Å². The molecule has 0 aromatic heterocycles. The van der Waals surface area contributed by atoms with E-state index in [1.165, 1.54) is 116 Å². The molecule has 0 aromatic rings. The summed E-state index contributed by atoms with van der Waals surface area (Å²) < 4.78 is 22.2. The molecule has 0 aliphatic carbocycles. The highest BCUT2D eigenvalue weighted by Crippen LogP contribution is 2.30. The molecular formula is C40H75NO13. The quantitative estimate of drug-likeness (QED) is 0.0378. The first-order valence-electron chi connectivity index (χ1n) is 20.9. The van der Waals surface area contributed by atoms with Crippen molar-refractivity contribution in [1.29, 1.82) is 0 Å². The lowest BCUT2D eigenvalue weighted by Gasteiger charge is -2.46. The van der Waals surface area contributed by atoms with E-state index in [-0.39, 0.29) is 6.61 Å². The molecule has 0 bridgehead atoms. The third-order valence-corrected chi connectivity index (χ3v) is 10.5. The summed E-state index contributed by atoms with van der Waals surface area (Å²) in [6.07, 6.45) is 12.3. The standard InChI is InChI=1S/C40H75NO13/c1-3-4-5-6-7-8-9-10-11-12-13-14-15-16-17-18-19-20-21-22-23-24-30(45)29(41-28(2)44)27-51-39-37(50)35(48)38(32(26-43)53-39)54-40-36(49)34(47)33(46)31(25-42)52-40/h23-24,29-40,42-43,45-50H,3-22,25-27H2,1-2H3,(H,41,44)/b24-23+. The number of rotatable bonds is 30. The fraction of sp³-hybridized carbons (Fsp3) is 0.925. The third-order valence-electron chi connectivity index (χ3n) is 10.5. The summed E-state index contributed by atoms with van der Waals surface area (Å²) in [7, 11) is 0. The van der Waals surface area contributed by atoms with E-state index in [1.807, 2.05) is 6.08 Å². The normalized spacial score (nSPS) is 30.1. The number of hydrogen-bond acceptors (Lipinski definition) is 13. The second-order valence-electron chi connectivity index (χ2n) is 15.2. The van der Waals surface area contributed by atoms with Crippen LogP contribution in [0.1, 0.15) is 142 Å². The molecule has 2 heterocycles. The molecule has 54 heavy (non-hydrogen) atoms. The van der Waals surface area contributed by atoms with Crippen molar-refractivity contribution in [2.24, 2.45) is 0 Å². The minimum atomic E-state index is -1.78. The van der Waals surface area contributed by atoms with Crippen LogP contribution in [0, 0.1) is 0 Å². The molecule has 0 spiro atoms. The molecule has 2 fully saturated rings. The molecule has 318 valence electrons. The molecule has 12 atom stereocenters. The van der Waals surface area contributed by atoms with Crippen molar-refractivity contribution in [2.45, 2.75) is 216 Å². The van der Waals surface area contributed by atoms with E-state index in [4.69, 9.17) is 18.9 Å². The summed E-state index contributed by atoms with van der Waals surface area (Å²) in [4.78, 5) is 11.9. The fourth-order valence-corrected chi connectivity index (χ4v) is 7.09. The van der Waals surface area contributed by atoms with E-state index in [9.17, 15) is 45.6 Å². The number of hydrogen-bond donors (Lipinski definition) is 9. The Morgan fingerprint density at radius 3 is 1.59 bits per heavy atom. The van der Waals surface area contributed by atoms with Crippen LogP contribution >= 0.6 is 0 Å². The van der Waals surface area contributed by atoms with Crippen molar-refractivity contribution < 1.29 is 64.6 Å². The van der Waals surface area contributed by atoms with Crippen LogP contribution < -0.4 is 5.32 Å². The molecule has 9 N–H and O–H groups in total. The zero-order valence-corrected chi connectivity index (χ0v) is 33.0. The zero-order chi connectivity index (χ0) is 39.7. The van der Waals surface area contributed by atoms with Crippen molar-refractivity contribution in [3.63, 3.8) is 0 Å². The van der Waals surface area contributed by atoms with Gasteiger partial charge >= 0.3 is 0 Å². The lowest BCUT2D eigenvalue weighted by molar-refractivity contribution is -0.359. The van der Waals surface area contributed by atoms with Gasteiger partial charge in [0.15, 0.2) is 12.6 Å². The fourth-order valence-electron chi connectivity index (χ4n) is 7.09. The summed E-state index contributed by atoms with van der Waals surface area (Å²) in [5, 5.41) is 84.8. The molecule has 2 saturated heterocycles. The summed E-state index contributed by atoms with van der Waals surface area (Å²) in [5.74, 6) is -0.416. The van der Waals surface area contributed by atoms with Gasteiger partial charge in [-0.2, -0.15) is 0 Å². The summed E-state index contributed by atoms with van der Waals surface area (Å²) in [5.41, 5.74) is 0. The number of nitrogens with one attached hydrogen (secondary N) is 1. The molecule has 12 unspecified atom stereocenters. The van der Waals surface area contributed by atoms with Gasteiger partial charge in [0.25, 0.3) is 0 Å². The molecule has 0 saturated carbocycles. The van der Waals surface area contributed by atoms with Gasteiger partial charge in [-0.1, -0.05) is 135 Å². The Morgan fingerprint density at radius 2 is 1.11 bits per heavy atom. The van der Waals surface area contributed by atoms with Crippen LogP contribution in [0.15, 0.2) is 12.2 Å². The number of allylic oxidation sites excluding steroid dienone is 1. The van der Waals surface area contributed by atoms with Gasteiger partial charge in [-0.05, 0) is 12.8 Å². The monoisotopic (exact) mass is 778 g/mol. The van der Waals surface area contributed by atoms with Crippen molar-refractivity contribution >= 4 is 5.91 Å². The first-order valence-corrected chi connectivity index (χ1v) is 20.9. The first kappa shape index (κ1) is 48.9. The van der Waals surface area contributed by atoms with Crippen LogP contribution in [0.5, 0.6) is 0 Å². The zero-order valence-electron chi connectivity index (χ0n) is 33.0. The maximum absolute atomic E-state index is 11.9. The number of carbonyl (C=O) groups excluding carboxylic acids is 1. The van der Waals surface area contributed by atoms with Crippen molar-refractivity contribution in [1.82, 2.24) is 5.32 Å². The second-order valence-corrected chi connectivity index (χ2v) is 15.2. The number of aliphatic hydroxyl groups excluding tert-OH is 8. The van der Waals surface area contributed by atoms with Gasteiger partial charge in [-0.15, -0.1) is 0 Å². The van der Waals surface area contributed by atoms with Crippen LogP contribution in [0.4, 0.5) is 0 Å². The predicted octanol–water partition coefficient (Wildman–Crippen LogP) is 2.87. The van der Waals surface area contributed by atoms with Gasteiger partial charge < -0.3 is 65.1 Å². The number of carbonyl (C=O) groups is 1.